The van der Waals surface area contributed by atoms with Crippen molar-refractivity contribution in [2.75, 3.05) is 0 Å². The summed E-state index contributed by atoms with van der Waals surface area (Å²) >= 11 is 0. The van der Waals surface area contributed by atoms with Crippen molar-refractivity contribution in [1.29, 1.82) is 0 Å². The summed E-state index contributed by atoms with van der Waals surface area (Å²) in [5, 5.41) is 0. The normalized spacial score (nSPS) is 15.7. The zero-order valence-electron chi connectivity index (χ0n) is 11.9. The van der Waals surface area contributed by atoms with Crippen LogP contribution in [0.1, 0.15) is 61.8 Å². The molecule has 0 amide bonds. The van der Waals surface area contributed by atoms with Crippen molar-refractivity contribution in [3.63, 3.8) is 0 Å². The molecule has 0 aromatic carbocycles. The molecule has 0 aromatic rings. The Balaban J connectivity index is 4.81. The average molecular weight is 208 g/mol. The minimum Gasteiger partial charge on any atom is -0.0680 e. The third kappa shape index (κ3) is 4.68. The van der Waals surface area contributed by atoms with Crippen molar-refractivity contribution in [2.45, 2.75) is 61.8 Å². The molecule has 0 bridgehead atoms. The highest BCUT2D eigenvalue weighted by molar-refractivity contribution is 5.22. The summed E-state index contributed by atoms with van der Waals surface area (Å²) in [6.45, 7) is 18.1. The monoisotopic (exact) mass is 208 g/mol. The van der Waals surface area contributed by atoms with Gasteiger partial charge in [-0.3, -0.25) is 0 Å². The summed E-state index contributed by atoms with van der Waals surface area (Å²) in [7, 11) is 0. The van der Waals surface area contributed by atoms with Crippen molar-refractivity contribution in [2.24, 2.45) is 10.8 Å². The smallest absolute Gasteiger partial charge is 0.0147 e. The summed E-state index contributed by atoms with van der Waals surface area (Å²) in [4.78, 5) is 0. The van der Waals surface area contributed by atoms with Gasteiger partial charge in [0.25, 0.3) is 0 Å². The highest BCUT2D eigenvalue weighted by Crippen LogP contribution is 2.30. The lowest BCUT2D eigenvalue weighted by Crippen LogP contribution is -2.11. The van der Waals surface area contributed by atoms with Gasteiger partial charge in [-0.15, -0.1) is 0 Å². The molecule has 0 aromatic heterocycles. The second-order valence-electron chi connectivity index (χ2n) is 6.19. The van der Waals surface area contributed by atoms with Crippen LogP contribution in [0.4, 0.5) is 0 Å². The van der Waals surface area contributed by atoms with E-state index in [4.69, 9.17) is 0 Å². The molecule has 0 saturated heterocycles. The molecule has 0 radical (unpaired) electrons. The lowest BCUT2D eigenvalue weighted by Gasteiger charge is -2.24. The molecule has 0 aliphatic heterocycles. The van der Waals surface area contributed by atoms with Crippen molar-refractivity contribution >= 4 is 0 Å². The van der Waals surface area contributed by atoms with Crippen LogP contribution in [0.25, 0.3) is 0 Å². The summed E-state index contributed by atoms with van der Waals surface area (Å²) in [6.07, 6.45) is 5.74. The van der Waals surface area contributed by atoms with E-state index in [9.17, 15) is 0 Å². The van der Waals surface area contributed by atoms with Crippen LogP contribution < -0.4 is 0 Å². The van der Waals surface area contributed by atoms with Gasteiger partial charge in [-0.1, -0.05) is 64.8 Å². The van der Waals surface area contributed by atoms with E-state index in [1.54, 1.807) is 0 Å². The summed E-state index contributed by atoms with van der Waals surface area (Å²) in [6, 6.07) is 0. The maximum Gasteiger partial charge on any atom is -0.0147 e. The molecule has 0 spiro atoms. The summed E-state index contributed by atoms with van der Waals surface area (Å²) in [5.74, 6) is 0. The Bertz CT molecular complexity index is 256. The Labute approximate surface area is 96.5 Å². The Morgan fingerprint density at radius 2 is 1.27 bits per heavy atom. The fourth-order valence-corrected chi connectivity index (χ4v) is 1.00. The lowest BCUT2D eigenvalue weighted by molar-refractivity contribution is 0.429. The maximum absolute atomic E-state index is 2.30. The van der Waals surface area contributed by atoms with E-state index in [2.05, 4.69) is 67.5 Å². The van der Waals surface area contributed by atoms with Gasteiger partial charge in [-0.25, -0.2) is 0 Å². The highest BCUT2D eigenvalue weighted by atomic mass is 14.2. The van der Waals surface area contributed by atoms with E-state index in [-0.39, 0.29) is 5.41 Å². The molecule has 0 unspecified atom stereocenters. The molecule has 0 saturated carbocycles. The van der Waals surface area contributed by atoms with Gasteiger partial charge in [0.05, 0.1) is 0 Å². The van der Waals surface area contributed by atoms with E-state index in [1.165, 1.54) is 17.6 Å². The Morgan fingerprint density at radius 1 is 0.867 bits per heavy atom. The van der Waals surface area contributed by atoms with Crippen LogP contribution in [0, 0.1) is 10.8 Å². The fourth-order valence-electron chi connectivity index (χ4n) is 1.00. The first-order valence-corrected chi connectivity index (χ1v) is 5.97. The molecule has 88 valence electrons. The lowest BCUT2D eigenvalue weighted by atomic mass is 9.81. The van der Waals surface area contributed by atoms with Crippen LogP contribution in [0.5, 0.6) is 0 Å². The van der Waals surface area contributed by atoms with Gasteiger partial charge in [-0.2, -0.15) is 0 Å². The molecular formula is C15H28. The second kappa shape index (κ2) is 5.01. The van der Waals surface area contributed by atoms with Crippen LogP contribution in [-0.2, 0) is 0 Å². The molecule has 0 N–H and O–H groups in total. The van der Waals surface area contributed by atoms with Gasteiger partial charge in [0.2, 0.25) is 0 Å². The van der Waals surface area contributed by atoms with E-state index in [0.717, 1.165) is 0 Å². The van der Waals surface area contributed by atoms with Crippen LogP contribution in [0.2, 0.25) is 0 Å². The largest absolute Gasteiger partial charge is 0.0680 e. The number of rotatable bonds is 3. The topological polar surface area (TPSA) is 0 Å². The van der Waals surface area contributed by atoms with Gasteiger partial charge in [0.1, 0.15) is 0 Å². The molecule has 0 rings (SSSR count). The van der Waals surface area contributed by atoms with E-state index < -0.39 is 0 Å². The van der Waals surface area contributed by atoms with E-state index in [1.807, 2.05) is 0 Å². The number of allylic oxidation sites excluding steroid dienone is 4. The minimum atomic E-state index is 0.285. The Hall–Kier alpha value is -0.520. The maximum atomic E-state index is 2.30. The Kier molecular flexibility index (Phi) is 4.83. The van der Waals surface area contributed by atoms with Gasteiger partial charge in [-0.05, 0) is 31.1 Å². The van der Waals surface area contributed by atoms with Gasteiger partial charge < -0.3 is 0 Å². The van der Waals surface area contributed by atoms with Gasteiger partial charge >= 0.3 is 0 Å². The molecule has 0 heteroatoms. The van der Waals surface area contributed by atoms with Gasteiger partial charge in [0.15, 0.2) is 0 Å². The molecule has 0 heterocycles. The molecular weight excluding hydrogens is 180 g/mol. The SMILES string of the molecule is CCC(C)(C)/C(C)=C/C=C(\C)C(C)(C)C. The second-order valence-corrected chi connectivity index (χ2v) is 6.19. The Morgan fingerprint density at radius 3 is 1.60 bits per heavy atom. The van der Waals surface area contributed by atoms with E-state index in [0.29, 0.717) is 5.41 Å². The molecule has 0 aliphatic carbocycles. The molecule has 0 nitrogen and oxygen atoms in total. The molecule has 0 atom stereocenters. The zero-order chi connectivity index (χ0) is 12.3. The van der Waals surface area contributed by atoms with Crippen molar-refractivity contribution in [1.82, 2.24) is 0 Å². The highest BCUT2D eigenvalue weighted by Gasteiger charge is 2.17. The van der Waals surface area contributed by atoms with Crippen LogP contribution in [0.3, 0.4) is 0 Å². The summed E-state index contributed by atoms with van der Waals surface area (Å²) in [5.41, 5.74) is 3.52. The average Bonchev–Trinajstić information content (AvgIpc) is 2.11. The fraction of sp³-hybridized carbons (Fsp3) is 0.733. The van der Waals surface area contributed by atoms with Crippen LogP contribution in [-0.4, -0.2) is 0 Å². The summed E-state index contributed by atoms with van der Waals surface area (Å²) < 4.78 is 0. The molecule has 15 heavy (non-hydrogen) atoms. The van der Waals surface area contributed by atoms with Crippen molar-refractivity contribution < 1.29 is 0 Å². The first kappa shape index (κ1) is 14.5. The molecule has 0 fully saturated rings. The van der Waals surface area contributed by atoms with Crippen molar-refractivity contribution in [3.05, 3.63) is 23.3 Å². The third-order valence-electron chi connectivity index (χ3n) is 3.72. The third-order valence-corrected chi connectivity index (χ3v) is 3.72. The predicted molar refractivity (Wildman–Crippen MR) is 71.0 cm³/mol. The van der Waals surface area contributed by atoms with Crippen LogP contribution in [0.15, 0.2) is 23.3 Å². The first-order valence-electron chi connectivity index (χ1n) is 5.97. The first-order chi connectivity index (χ1) is 6.61. The quantitative estimate of drug-likeness (QED) is 0.548. The predicted octanol–water partition coefficient (Wildman–Crippen LogP) is 5.36. The van der Waals surface area contributed by atoms with Crippen molar-refractivity contribution in [3.8, 4) is 0 Å². The van der Waals surface area contributed by atoms with Crippen LogP contribution >= 0.6 is 0 Å². The van der Waals surface area contributed by atoms with Gasteiger partial charge in [0, 0.05) is 0 Å². The number of hydrogen-bond donors (Lipinski definition) is 0. The minimum absolute atomic E-state index is 0.285. The van der Waals surface area contributed by atoms with E-state index >= 15 is 0 Å². The molecule has 0 aliphatic rings. The zero-order valence-corrected chi connectivity index (χ0v) is 11.9. The number of hydrogen-bond acceptors (Lipinski definition) is 0. The standard InChI is InChI=1S/C15H28/c1-9-15(7,8)13(3)11-10-12(2)14(4,5)6/h10-11H,9H2,1-8H3/b12-10+,13-11+.